The standard InChI is InChI=1S/C19H18FN3O4S/c1-13-21-19(22-27-13)16-7-3-5-9-18(16)26-15-10-23(11-15)28(24,25)12-14-6-2-4-8-17(14)20/h2-9,15H,10-12H2,1H3. The van der Waals surface area contributed by atoms with Gasteiger partial charge < -0.3 is 9.26 Å². The molecular weight excluding hydrogens is 385 g/mol. The Morgan fingerprint density at radius 1 is 1.18 bits per heavy atom. The first-order valence-electron chi connectivity index (χ1n) is 8.70. The van der Waals surface area contributed by atoms with Crippen LogP contribution in [-0.2, 0) is 15.8 Å². The lowest BCUT2D eigenvalue weighted by atomic mass is 10.1. The molecule has 0 bridgehead atoms. The number of halogens is 1. The van der Waals surface area contributed by atoms with Crippen molar-refractivity contribution in [2.24, 2.45) is 0 Å². The predicted molar refractivity (Wildman–Crippen MR) is 99.5 cm³/mol. The minimum absolute atomic E-state index is 0.157. The average molecular weight is 403 g/mol. The van der Waals surface area contributed by atoms with E-state index in [9.17, 15) is 12.8 Å². The van der Waals surface area contributed by atoms with Gasteiger partial charge in [-0.1, -0.05) is 35.5 Å². The monoisotopic (exact) mass is 403 g/mol. The highest BCUT2D eigenvalue weighted by Gasteiger charge is 2.38. The lowest BCUT2D eigenvalue weighted by molar-refractivity contribution is 0.0765. The van der Waals surface area contributed by atoms with Gasteiger partial charge >= 0.3 is 0 Å². The fourth-order valence-electron chi connectivity index (χ4n) is 2.95. The van der Waals surface area contributed by atoms with Crippen molar-refractivity contribution >= 4 is 10.0 Å². The van der Waals surface area contributed by atoms with Crippen molar-refractivity contribution in [3.63, 3.8) is 0 Å². The molecule has 9 heteroatoms. The molecule has 0 amide bonds. The molecule has 2 heterocycles. The van der Waals surface area contributed by atoms with Crippen LogP contribution in [0.2, 0.25) is 0 Å². The van der Waals surface area contributed by atoms with Gasteiger partial charge in [-0.05, 0) is 18.2 Å². The van der Waals surface area contributed by atoms with Crippen molar-refractivity contribution in [1.82, 2.24) is 14.4 Å². The second kappa shape index (κ2) is 7.33. The summed E-state index contributed by atoms with van der Waals surface area (Å²) in [6, 6.07) is 13.1. The second-order valence-corrected chi connectivity index (χ2v) is 8.51. The van der Waals surface area contributed by atoms with Crippen LogP contribution in [0, 0.1) is 12.7 Å². The molecule has 1 aromatic heterocycles. The maximum atomic E-state index is 13.7. The van der Waals surface area contributed by atoms with Crippen molar-refractivity contribution in [2.75, 3.05) is 13.1 Å². The van der Waals surface area contributed by atoms with Gasteiger partial charge in [0.1, 0.15) is 17.7 Å². The van der Waals surface area contributed by atoms with Gasteiger partial charge in [0.25, 0.3) is 0 Å². The van der Waals surface area contributed by atoms with Crippen molar-refractivity contribution in [2.45, 2.75) is 18.8 Å². The molecule has 0 aliphatic carbocycles. The molecule has 1 aliphatic heterocycles. The summed E-state index contributed by atoms with van der Waals surface area (Å²) < 4.78 is 51.0. The van der Waals surface area contributed by atoms with Gasteiger partial charge in [0.2, 0.25) is 21.7 Å². The molecule has 0 radical (unpaired) electrons. The number of benzene rings is 2. The number of ether oxygens (including phenoxy) is 1. The molecule has 1 fully saturated rings. The summed E-state index contributed by atoms with van der Waals surface area (Å²) in [5.74, 6) is 0.518. The van der Waals surface area contributed by atoms with E-state index in [-0.39, 0.29) is 30.5 Å². The first kappa shape index (κ1) is 18.6. The molecule has 7 nitrogen and oxygen atoms in total. The number of aromatic nitrogens is 2. The zero-order valence-corrected chi connectivity index (χ0v) is 15.9. The van der Waals surface area contributed by atoms with E-state index < -0.39 is 15.8 Å². The quantitative estimate of drug-likeness (QED) is 0.629. The van der Waals surface area contributed by atoms with Crippen LogP contribution in [0.3, 0.4) is 0 Å². The minimum Gasteiger partial charge on any atom is -0.487 e. The van der Waals surface area contributed by atoms with Crippen LogP contribution in [0.25, 0.3) is 11.4 Å². The van der Waals surface area contributed by atoms with Crippen molar-refractivity contribution < 1.29 is 22.1 Å². The zero-order chi connectivity index (χ0) is 19.7. The summed E-state index contributed by atoms with van der Waals surface area (Å²) in [6.07, 6.45) is -0.301. The largest absolute Gasteiger partial charge is 0.487 e. The summed E-state index contributed by atoms with van der Waals surface area (Å²) in [7, 11) is -3.61. The highest BCUT2D eigenvalue weighted by molar-refractivity contribution is 7.88. The van der Waals surface area contributed by atoms with E-state index in [1.54, 1.807) is 19.1 Å². The van der Waals surface area contributed by atoms with E-state index in [0.717, 1.165) is 0 Å². The molecular formula is C19H18FN3O4S. The van der Waals surface area contributed by atoms with Crippen LogP contribution in [0.4, 0.5) is 4.39 Å². The van der Waals surface area contributed by atoms with Crippen LogP contribution >= 0.6 is 0 Å². The molecule has 4 rings (SSSR count). The van der Waals surface area contributed by atoms with E-state index in [0.29, 0.717) is 23.0 Å². The van der Waals surface area contributed by atoms with E-state index in [1.165, 1.54) is 22.5 Å². The molecule has 0 spiro atoms. The fourth-order valence-corrected chi connectivity index (χ4v) is 4.54. The Morgan fingerprint density at radius 2 is 1.89 bits per heavy atom. The SMILES string of the molecule is Cc1nc(-c2ccccc2OC2CN(S(=O)(=O)Cc3ccccc3F)C2)no1. The Kier molecular flexibility index (Phi) is 4.86. The lowest BCUT2D eigenvalue weighted by Gasteiger charge is -2.38. The second-order valence-electron chi connectivity index (χ2n) is 6.54. The van der Waals surface area contributed by atoms with Gasteiger partial charge in [0.05, 0.1) is 24.4 Å². The Morgan fingerprint density at radius 3 is 2.61 bits per heavy atom. The zero-order valence-electron chi connectivity index (χ0n) is 15.1. The van der Waals surface area contributed by atoms with Crippen LogP contribution < -0.4 is 4.74 Å². The fraction of sp³-hybridized carbons (Fsp3) is 0.263. The summed E-state index contributed by atoms with van der Waals surface area (Å²) in [5.41, 5.74) is 0.830. The van der Waals surface area contributed by atoms with Gasteiger partial charge in [-0.15, -0.1) is 0 Å². The molecule has 146 valence electrons. The van der Waals surface area contributed by atoms with Gasteiger partial charge in [0, 0.05) is 12.5 Å². The number of nitrogens with zero attached hydrogens (tertiary/aromatic N) is 3. The number of para-hydroxylation sites is 1. The van der Waals surface area contributed by atoms with Gasteiger partial charge in [-0.2, -0.15) is 9.29 Å². The third kappa shape index (κ3) is 3.76. The molecule has 0 unspecified atom stereocenters. The summed E-state index contributed by atoms with van der Waals surface area (Å²) >= 11 is 0. The predicted octanol–water partition coefficient (Wildman–Crippen LogP) is 2.78. The molecule has 0 N–H and O–H groups in total. The Bertz CT molecular complexity index is 1090. The highest BCUT2D eigenvalue weighted by Crippen LogP contribution is 2.30. The van der Waals surface area contributed by atoms with Crippen molar-refractivity contribution in [1.29, 1.82) is 0 Å². The van der Waals surface area contributed by atoms with Crippen molar-refractivity contribution in [3.8, 4) is 17.1 Å². The number of aryl methyl sites for hydroxylation is 1. The number of sulfonamides is 1. The summed E-state index contributed by atoms with van der Waals surface area (Å²) in [6.45, 7) is 2.11. The van der Waals surface area contributed by atoms with E-state index in [1.807, 2.05) is 18.2 Å². The molecule has 3 aromatic rings. The van der Waals surface area contributed by atoms with Crippen LogP contribution in [-0.4, -0.2) is 42.1 Å². The molecule has 0 saturated carbocycles. The molecule has 0 atom stereocenters. The maximum Gasteiger partial charge on any atom is 0.223 e. The Labute approximate surface area is 161 Å². The normalized spacial score (nSPS) is 15.4. The summed E-state index contributed by atoms with van der Waals surface area (Å²) in [5, 5.41) is 3.90. The molecule has 1 aliphatic rings. The van der Waals surface area contributed by atoms with E-state index >= 15 is 0 Å². The molecule has 28 heavy (non-hydrogen) atoms. The van der Waals surface area contributed by atoms with Crippen LogP contribution in [0.15, 0.2) is 53.1 Å². The number of hydrogen-bond acceptors (Lipinski definition) is 6. The van der Waals surface area contributed by atoms with Gasteiger partial charge in [-0.25, -0.2) is 12.8 Å². The van der Waals surface area contributed by atoms with Gasteiger partial charge in [0.15, 0.2) is 0 Å². The summed E-state index contributed by atoms with van der Waals surface area (Å²) in [4.78, 5) is 4.20. The lowest BCUT2D eigenvalue weighted by Crippen LogP contribution is -2.56. The minimum atomic E-state index is -3.61. The van der Waals surface area contributed by atoms with Gasteiger partial charge in [-0.3, -0.25) is 0 Å². The smallest absolute Gasteiger partial charge is 0.223 e. The van der Waals surface area contributed by atoms with Crippen molar-refractivity contribution in [3.05, 3.63) is 65.8 Å². The first-order valence-corrected chi connectivity index (χ1v) is 10.3. The van der Waals surface area contributed by atoms with Crippen LogP contribution in [0.1, 0.15) is 11.5 Å². The molecule has 2 aromatic carbocycles. The van der Waals surface area contributed by atoms with Crippen LogP contribution in [0.5, 0.6) is 5.75 Å². The first-order chi connectivity index (χ1) is 13.4. The average Bonchev–Trinajstić information content (AvgIpc) is 3.06. The topological polar surface area (TPSA) is 85.5 Å². The molecule has 1 saturated heterocycles. The van der Waals surface area contributed by atoms with E-state index in [4.69, 9.17) is 9.26 Å². The maximum absolute atomic E-state index is 13.7. The van der Waals surface area contributed by atoms with E-state index in [2.05, 4.69) is 10.1 Å². The third-order valence-corrected chi connectivity index (χ3v) is 6.21. The Balaban J connectivity index is 1.42. The Hall–Kier alpha value is -2.78. The number of rotatable bonds is 6. The highest BCUT2D eigenvalue weighted by atomic mass is 32.2. The number of hydrogen-bond donors (Lipinski definition) is 0. The third-order valence-electron chi connectivity index (χ3n) is 4.45.